The number of hydrogen-bond donors (Lipinski definition) is 1. The Bertz CT molecular complexity index is 592. The first-order valence-electron chi connectivity index (χ1n) is 7.93. The maximum Gasteiger partial charge on any atom is 0.413 e. The molecule has 24 heavy (non-hydrogen) atoms. The third kappa shape index (κ3) is 4.81. The van der Waals surface area contributed by atoms with Gasteiger partial charge in [0.05, 0.1) is 7.11 Å². The van der Waals surface area contributed by atoms with Gasteiger partial charge in [-0.1, -0.05) is 0 Å². The molecule has 0 spiro atoms. The van der Waals surface area contributed by atoms with Gasteiger partial charge in [-0.3, -0.25) is 10.1 Å². The van der Waals surface area contributed by atoms with E-state index in [9.17, 15) is 9.59 Å². The molecular weight excluding hydrogens is 312 g/mol. The molecule has 2 heterocycles. The first kappa shape index (κ1) is 18.0. The quantitative estimate of drug-likeness (QED) is 0.847. The number of carbonyl (C=O) groups excluding carboxylic acids is 2. The number of hydrogen-bond acceptors (Lipinski definition) is 6. The normalized spacial score (nSPS) is 15.8. The van der Waals surface area contributed by atoms with Crippen molar-refractivity contribution in [1.29, 1.82) is 0 Å². The van der Waals surface area contributed by atoms with Crippen LogP contribution in [0.25, 0.3) is 0 Å². The van der Waals surface area contributed by atoms with Gasteiger partial charge in [-0.2, -0.15) is 0 Å². The van der Waals surface area contributed by atoms with Gasteiger partial charge < -0.3 is 14.4 Å². The highest BCUT2D eigenvalue weighted by Crippen LogP contribution is 2.33. The Kier molecular flexibility index (Phi) is 5.58. The predicted octanol–water partition coefficient (Wildman–Crippen LogP) is 2.17. The number of methoxy groups -OCH3 is 1. The Morgan fingerprint density at radius 3 is 2.54 bits per heavy atom. The number of anilines is 1. The summed E-state index contributed by atoms with van der Waals surface area (Å²) in [5.41, 5.74) is 0.159. The van der Waals surface area contributed by atoms with E-state index in [0.29, 0.717) is 18.8 Å². The van der Waals surface area contributed by atoms with Crippen LogP contribution >= 0.6 is 0 Å². The lowest BCUT2D eigenvalue weighted by Gasteiger charge is -2.29. The molecule has 1 aromatic rings. The number of amides is 2. The summed E-state index contributed by atoms with van der Waals surface area (Å²) in [5, 5.41) is 10.8. The second-order valence-electron chi connectivity index (χ2n) is 6.73. The zero-order chi connectivity index (χ0) is 17.7. The summed E-state index contributed by atoms with van der Waals surface area (Å²) in [6, 6.07) is 1.64. The topological polar surface area (TPSA) is 93.7 Å². The van der Waals surface area contributed by atoms with Crippen molar-refractivity contribution in [2.45, 2.75) is 45.1 Å². The van der Waals surface area contributed by atoms with Crippen molar-refractivity contribution in [3.63, 3.8) is 0 Å². The van der Waals surface area contributed by atoms with Gasteiger partial charge in [0.2, 0.25) is 6.41 Å². The molecule has 1 fully saturated rings. The molecule has 2 amide bonds. The molecule has 8 heteroatoms. The second kappa shape index (κ2) is 7.46. The van der Waals surface area contributed by atoms with Crippen LogP contribution in [0, 0.1) is 0 Å². The Labute approximate surface area is 141 Å². The van der Waals surface area contributed by atoms with Crippen molar-refractivity contribution < 1.29 is 19.1 Å². The van der Waals surface area contributed by atoms with Crippen molar-refractivity contribution in [2.24, 2.45) is 0 Å². The number of ether oxygens (including phenoxy) is 2. The first-order chi connectivity index (χ1) is 11.3. The minimum Gasteiger partial charge on any atom is -0.495 e. The van der Waals surface area contributed by atoms with Crippen LogP contribution in [0.15, 0.2) is 6.07 Å². The van der Waals surface area contributed by atoms with E-state index in [1.807, 2.05) is 0 Å². The van der Waals surface area contributed by atoms with Gasteiger partial charge >= 0.3 is 6.09 Å². The van der Waals surface area contributed by atoms with Gasteiger partial charge in [0.25, 0.3) is 0 Å². The van der Waals surface area contributed by atoms with Gasteiger partial charge in [0.15, 0.2) is 5.82 Å². The molecule has 0 saturated carbocycles. The average molecular weight is 336 g/mol. The lowest BCUT2D eigenvalue weighted by atomic mass is 9.93. The monoisotopic (exact) mass is 336 g/mol. The van der Waals surface area contributed by atoms with Crippen LogP contribution in [0.2, 0.25) is 0 Å². The Balaban J connectivity index is 2.07. The number of rotatable bonds is 4. The molecule has 2 rings (SSSR count). The van der Waals surface area contributed by atoms with Crippen molar-refractivity contribution in [1.82, 2.24) is 15.1 Å². The van der Waals surface area contributed by atoms with Crippen LogP contribution in [0.4, 0.5) is 10.6 Å². The lowest BCUT2D eigenvalue weighted by Crippen LogP contribution is -2.32. The van der Waals surface area contributed by atoms with E-state index in [2.05, 4.69) is 15.5 Å². The van der Waals surface area contributed by atoms with Crippen LogP contribution < -0.4 is 10.1 Å². The van der Waals surface area contributed by atoms with E-state index in [1.54, 1.807) is 38.8 Å². The Morgan fingerprint density at radius 2 is 2.00 bits per heavy atom. The minimum atomic E-state index is -0.592. The lowest BCUT2D eigenvalue weighted by molar-refractivity contribution is -0.119. The summed E-state index contributed by atoms with van der Waals surface area (Å²) in [4.78, 5) is 24.3. The summed E-state index contributed by atoms with van der Waals surface area (Å²) < 4.78 is 10.6. The van der Waals surface area contributed by atoms with E-state index in [1.165, 1.54) is 0 Å². The fourth-order valence-corrected chi connectivity index (χ4v) is 2.58. The fraction of sp³-hybridized carbons (Fsp3) is 0.625. The van der Waals surface area contributed by atoms with Crippen LogP contribution in [0.1, 0.15) is 45.2 Å². The van der Waals surface area contributed by atoms with Gasteiger partial charge in [0.1, 0.15) is 17.0 Å². The maximum absolute atomic E-state index is 11.8. The van der Waals surface area contributed by atoms with Crippen LogP contribution in [0.5, 0.6) is 5.75 Å². The smallest absolute Gasteiger partial charge is 0.413 e. The number of likely N-dealkylation sites (tertiary alicyclic amines) is 1. The third-order valence-electron chi connectivity index (χ3n) is 3.70. The van der Waals surface area contributed by atoms with Crippen LogP contribution in [-0.4, -0.2) is 53.4 Å². The molecule has 1 aliphatic rings. The fourth-order valence-electron chi connectivity index (χ4n) is 2.58. The highest BCUT2D eigenvalue weighted by molar-refractivity contribution is 5.83. The number of nitrogens with zero attached hydrogens (tertiary/aromatic N) is 3. The number of carbonyl (C=O) groups is 2. The molecule has 1 aromatic heterocycles. The van der Waals surface area contributed by atoms with Crippen molar-refractivity contribution >= 4 is 18.3 Å². The molecule has 0 aromatic carbocycles. The largest absolute Gasteiger partial charge is 0.495 e. The van der Waals surface area contributed by atoms with E-state index in [0.717, 1.165) is 24.9 Å². The van der Waals surface area contributed by atoms with E-state index in [-0.39, 0.29) is 11.7 Å². The highest BCUT2D eigenvalue weighted by Gasteiger charge is 2.25. The minimum absolute atomic E-state index is 0.180. The van der Waals surface area contributed by atoms with Gasteiger partial charge in [-0.15, -0.1) is 10.2 Å². The average Bonchev–Trinajstić information content (AvgIpc) is 2.53. The van der Waals surface area contributed by atoms with Crippen molar-refractivity contribution in [3.05, 3.63) is 11.8 Å². The summed E-state index contributed by atoms with van der Waals surface area (Å²) in [6.45, 7) is 6.74. The molecule has 132 valence electrons. The second-order valence-corrected chi connectivity index (χ2v) is 6.73. The number of aromatic nitrogens is 2. The molecule has 1 N–H and O–H groups in total. The summed E-state index contributed by atoms with van der Waals surface area (Å²) in [6.07, 6.45) is 1.89. The molecule has 1 aliphatic heterocycles. The molecule has 0 unspecified atom stereocenters. The molecule has 1 saturated heterocycles. The van der Waals surface area contributed by atoms with Crippen molar-refractivity contribution in [2.75, 3.05) is 25.5 Å². The van der Waals surface area contributed by atoms with Gasteiger partial charge in [-0.05, 0) is 33.6 Å². The Morgan fingerprint density at radius 1 is 1.33 bits per heavy atom. The Hall–Kier alpha value is -2.38. The van der Waals surface area contributed by atoms with Gasteiger partial charge in [0, 0.05) is 25.1 Å². The molecule has 0 aliphatic carbocycles. The third-order valence-corrected chi connectivity index (χ3v) is 3.70. The standard InChI is InChI=1S/C16H24N4O4/c1-16(2,3)24-15(22)17-13-9-12(23-4)14(19-18-13)11-5-7-20(10-21)8-6-11/h9-11H,5-8H2,1-4H3,(H,17,18,22). The molecular formula is C16H24N4O4. The highest BCUT2D eigenvalue weighted by atomic mass is 16.6. The van der Waals surface area contributed by atoms with Crippen LogP contribution in [-0.2, 0) is 9.53 Å². The summed E-state index contributed by atoms with van der Waals surface area (Å²) in [5.74, 6) is 1.02. The molecule has 0 radical (unpaired) electrons. The molecule has 0 atom stereocenters. The summed E-state index contributed by atoms with van der Waals surface area (Å²) in [7, 11) is 1.55. The van der Waals surface area contributed by atoms with Crippen LogP contribution in [0.3, 0.4) is 0 Å². The molecule has 8 nitrogen and oxygen atoms in total. The van der Waals surface area contributed by atoms with E-state index in [4.69, 9.17) is 9.47 Å². The maximum atomic E-state index is 11.8. The van der Waals surface area contributed by atoms with E-state index < -0.39 is 11.7 Å². The number of nitrogens with one attached hydrogen (secondary N) is 1. The summed E-state index contributed by atoms with van der Waals surface area (Å²) >= 11 is 0. The predicted molar refractivity (Wildman–Crippen MR) is 88.1 cm³/mol. The van der Waals surface area contributed by atoms with Crippen molar-refractivity contribution in [3.8, 4) is 5.75 Å². The first-order valence-corrected chi connectivity index (χ1v) is 7.93. The zero-order valence-corrected chi connectivity index (χ0v) is 14.5. The van der Waals surface area contributed by atoms with Gasteiger partial charge in [-0.25, -0.2) is 4.79 Å². The SMILES string of the molecule is COc1cc(NC(=O)OC(C)(C)C)nnc1C1CCN(C=O)CC1. The zero-order valence-electron chi connectivity index (χ0n) is 14.5. The molecule has 0 bridgehead atoms. The number of piperidine rings is 1. The van der Waals surface area contributed by atoms with E-state index >= 15 is 0 Å².